The molecule has 0 spiro atoms. The fourth-order valence-corrected chi connectivity index (χ4v) is 1.48. The van der Waals surface area contributed by atoms with Gasteiger partial charge in [-0.25, -0.2) is 13.2 Å². The largest absolute Gasteiger partial charge is 0.351 e. The van der Waals surface area contributed by atoms with Crippen molar-refractivity contribution in [3.63, 3.8) is 0 Å². The first-order chi connectivity index (χ1) is 9.38. The molecule has 1 rings (SSSR count). The van der Waals surface area contributed by atoms with Crippen molar-refractivity contribution in [2.75, 3.05) is 18.0 Å². The van der Waals surface area contributed by atoms with E-state index in [1.165, 1.54) is 6.08 Å². The SMILES string of the molecule is C=CCNC(=O)CN(C(C)=O)c1ccc(F)c(F)c1F. The third kappa shape index (κ3) is 3.59. The number of anilines is 1. The standard InChI is InChI=1S/C13H13F3N2O2/c1-3-6-17-11(20)7-18(8(2)19)10-5-4-9(14)12(15)13(10)16/h3-5H,1,6-7H2,2H3,(H,17,20). The van der Waals surface area contributed by atoms with Gasteiger partial charge in [0.05, 0.1) is 5.69 Å². The van der Waals surface area contributed by atoms with Crippen LogP contribution in [-0.2, 0) is 9.59 Å². The van der Waals surface area contributed by atoms with Gasteiger partial charge in [0, 0.05) is 13.5 Å². The zero-order valence-corrected chi connectivity index (χ0v) is 10.8. The summed E-state index contributed by atoms with van der Waals surface area (Å²) in [6, 6.07) is 1.58. The topological polar surface area (TPSA) is 49.4 Å². The van der Waals surface area contributed by atoms with Crippen molar-refractivity contribution in [3.8, 4) is 0 Å². The molecule has 0 bridgehead atoms. The monoisotopic (exact) mass is 286 g/mol. The van der Waals surface area contributed by atoms with Crippen LogP contribution in [0.2, 0.25) is 0 Å². The summed E-state index contributed by atoms with van der Waals surface area (Å²) in [4.78, 5) is 23.7. The molecule has 1 aromatic rings. The fraction of sp³-hybridized carbons (Fsp3) is 0.231. The summed E-state index contributed by atoms with van der Waals surface area (Å²) in [5, 5.41) is 2.39. The zero-order chi connectivity index (χ0) is 15.3. The fourth-order valence-electron chi connectivity index (χ4n) is 1.48. The lowest BCUT2D eigenvalue weighted by Crippen LogP contribution is -2.40. The summed E-state index contributed by atoms with van der Waals surface area (Å²) in [6.45, 7) is 4.14. The highest BCUT2D eigenvalue weighted by Crippen LogP contribution is 2.23. The van der Waals surface area contributed by atoms with Crippen LogP contribution >= 0.6 is 0 Å². The van der Waals surface area contributed by atoms with Crippen molar-refractivity contribution >= 4 is 17.5 Å². The molecule has 20 heavy (non-hydrogen) atoms. The molecule has 1 N–H and O–H groups in total. The molecule has 2 amide bonds. The maximum Gasteiger partial charge on any atom is 0.240 e. The zero-order valence-electron chi connectivity index (χ0n) is 10.8. The quantitative estimate of drug-likeness (QED) is 0.662. The van der Waals surface area contributed by atoms with Gasteiger partial charge in [0.1, 0.15) is 6.54 Å². The van der Waals surface area contributed by atoms with E-state index in [1.54, 1.807) is 0 Å². The van der Waals surface area contributed by atoms with Gasteiger partial charge in [0.2, 0.25) is 11.8 Å². The number of nitrogens with zero attached hydrogens (tertiary/aromatic N) is 1. The molecule has 0 heterocycles. The second-order valence-electron chi connectivity index (χ2n) is 3.89. The van der Waals surface area contributed by atoms with Crippen molar-refractivity contribution in [2.45, 2.75) is 6.92 Å². The van der Waals surface area contributed by atoms with Gasteiger partial charge in [-0.3, -0.25) is 9.59 Å². The summed E-state index contributed by atoms with van der Waals surface area (Å²) in [7, 11) is 0. The van der Waals surface area contributed by atoms with Gasteiger partial charge < -0.3 is 10.2 Å². The van der Waals surface area contributed by atoms with Crippen LogP contribution in [0.4, 0.5) is 18.9 Å². The maximum atomic E-state index is 13.6. The van der Waals surface area contributed by atoms with Crippen molar-refractivity contribution < 1.29 is 22.8 Å². The smallest absolute Gasteiger partial charge is 0.240 e. The molecular formula is C13H13F3N2O2. The number of nitrogens with one attached hydrogen (secondary N) is 1. The van der Waals surface area contributed by atoms with E-state index in [9.17, 15) is 22.8 Å². The highest BCUT2D eigenvalue weighted by atomic mass is 19.2. The van der Waals surface area contributed by atoms with Gasteiger partial charge in [0.15, 0.2) is 17.5 Å². The van der Waals surface area contributed by atoms with Gasteiger partial charge in [-0.15, -0.1) is 6.58 Å². The van der Waals surface area contributed by atoms with Crippen LogP contribution in [0.3, 0.4) is 0 Å². The molecule has 0 atom stereocenters. The minimum absolute atomic E-state index is 0.171. The van der Waals surface area contributed by atoms with E-state index in [0.29, 0.717) is 6.07 Å². The predicted octanol–water partition coefficient (Wildman–Crippen LogP) is 1.76. The average molecular weight is 286 g/mol. The number of carbonyl (C=O) groups excluding carboxylic acids is 2. The van der Waals surface area contributed by atoms with E-state index in [1.807, 2.05) is 0 Å². The second kappa shape index (κ2) is 6.74. The Hall–Kier alpha value is -2.31. The molecule has 1 aromatic carbocycles. The molecule has 0 fully saturated rings. The molecule has 0 saturated heterocycles. The number of carbonyl (C=O) groups is 2. The second-order valence-corrected chi connectivity index (χ2v) is 3.89. The third-order valence-corrected chi connectivity index (χ3v) is 2.43. The molecule has 108 valence electrons. The molecule has 7 heteroatoms. The lowest BCUT2D eigenvalue weighted by Gasteiger charge is -2.21. The molecule has 0 aliphatic carbocycles. The van der Waals surface area contributed by atoms with Crippen LogP contribution in [-0.4, -0.2) is 24.9 Å². The molecule has 0 aromatic heterocycles. The Labute approximate surface area is 113 Å². The van der Waals surface area contributed by atoms with Crippen molar-refractivity contribution in [1.82, 2.24) is 5.32 Å². The summed E-state index contributed by atoms with van der Waals surface area (Å²) in [6.07, 6.45) is 1.42. The van der Waals surface area contributed by atoms with Gasteiger partial charge >= 0.3 is 0 Å². The van der Waals surface area contributed by atoms with Crippen LogP contribution in [0.1, 0.15) is 6.92 Å². The Morgan fingerprint density at radius 3 is 2.50 bits per heavy atom. The van der Waals surface area contributed by atoms with E-state index < -0.39 is 41.5 Å². The van der Waals surface area contributed by atoms with Gasteiger partial charge in [-0.2, -0.15) is 0 Å². The Morgan fingerprint density at radius 2 is 1.95 bits per heavy atom. The Morgan fingerprint density at radius 1 is 1.30 bits per heavy atom. The summed E-state index contributed by atoms with van der Waals surface area (Å²) < 4.78 is 39.6. The van der Waals surface area contributed by atoms with Gasteiger partial charge in [-0.1, -0.05) is 6.08 Å². The summed E-state index contributed by atoms with van der Waals surface area (Å²) in [5.74, 6) is -5.84. The van der Waals surface area contributed by atoms with Gasteiger partial charge in [0.25, 0.3) is 0 Å². The minimum atomic E-state index is -1.69. The lowest BCUT2D eigenvalue weighted by atomic mass is 10.2. The Bertz CT molecular complexity index is 547. The molecule has 4 nitrogen and oxygen atoms in total. The average Bonchev–Trinajstić information content (AvgIpc) is 2.40. The molecular weight excluding hydrogens is 273 g/mol. The van der Waals surface area contributed by atoms with Crippen LogP contribution < -0.4 is 10.2 Å². The van der Waals surface area contributed by atoms with Crippen molar-refractivity contribution in [3.05, 3.63) is 42.2 Å². The number of benzene rings is 1. The van der Waals surface area contributed by atoms with Crippen molar-refractivity contribution in [1.29, 1.82) is 0 Å². The molecule has 0 unspecified atom stereocenters. The first-order valence-corrected chi connectivity index (χ1v) is 5.67. The van der Waals surface area contributed by atoms with E-state index in [4.69, 9.17) is 0 Å². The number of rotatable bonds is 5. The van der Waals surface area contributed by atoms with Crippen LogP contribution in [0.15, 0.2) is 24.8 Å². The van der Waals surface area contributed by atoms with E-state index in [-0.39, 0.29) is 6.54 Å². The Kier molecular flexibility index (Phi) is 5.31. The third-order valence-electron chi connectivity index (χ3n) is 2.43. The number of halogens is 3. The number of hydrogen-bond acceptors (Lipinski definition) is 2. The molecule has 0 radical (unpaired) electrons. The maximum absolute atomic E-state index is 13.6. The van der Waals surface area contributed by atoms with Crippen LogP contribution in [0.25, 0.3) is 0 Å². The van der Waals surface area contributed by atoms with Gasteiger partial charge in [-0.05, 0) is 12.1 Å². The highest BCUT2D eigenvalue weighted by molar-refractivity contribution is 5.97. The van der Waals surface area contributed by atoms with Crippen LogP contribution in [0.5, 0.6) is 0 Å². The minimum Gasteiger partial charge on any atom is -0.351 e. The number of hydrogen-bond donors (Lipinski definition) is 1. The van der Waals surface area contributed by atoms with E-state index >= 15 is 0 Å². The number of amides is 2. The first-order valence-electron chi connectivity index (χ1n) is 5.67. The highest BCUT2D eigenvalue weighted by Gasteiger charge is 2.22. The molecule has 0 aliphatic heterocycles. The normalized spacial score (nSPS) is 10.0. The summed E-state index contributed by atoms with van der Waals surface area (Å²) in [5.41, 5.74) is -0.495. The molecule has 0 aliphatic rings. The lowest BCUT2D eigenvalue weighted by molar-refractivity contribution is -0.122. The molecule has 0 saturated carbocycles. The first kappa shape index (κ1) is 15.7. The van der Waals surface area contributed by atoms with E-state index in [2.05, 4.69) is 11.9 Å². The van der Waals surface area contributed by atoms with Crippen LogP contribution in [0, 0.1) is 17.5 Å². The Balaban J connectivity index is 3.03. The summed E-state index contributed by atoms with van der Waals surface area (Å²) >= 11 is 0. The predicted molar refractivity (Wildman–Crippen MR) is 67.5 cm³/mol. The van der Waals surface area contributed by atoms with Crippen molar-refractivity contribution in [2.24, 2.45) is 0 Å². The van der Waals surface area contributed by atoms with E-state index in [0.717, 1.165) is 17.9 Å².